The maximum absolute atomic E-state index is 4.67. The van der Waals surface area contributed by atoms with Crippen molar-refractivity contribution in [1.29, 1.82) is 0 Å². The summed E-state index contributed by atoms with van der Waals surface area (Å²) in [6.07, 6.45) is 14.2. The third kappa shape index (κ3) is 6.19. The molecule has 0 fully saturated rings. The van der Waals surface area contributed by atoms with Crippen LogP contribution in [0.4, 0.5) is 0 Å². The lowest BCUT2D eigenvalue weighted by atomic mass is 10.0. The first-order valence-corrected chi connectivity index (χ1v) is 12.2. The van der Waals surface area contributed by atoms with Crippen molar-refractivity contribution in [3.8, 4) is 11.4 Å². The molecule has 4 rings (SSSR count). The van der Waals surface area contributed by atoms with E-state index in [1.807, 2.05) is 49.4 Å². The summed E-state index contributed by atoms with van der Waals surface area (Å²) in [5.74, 6) is 1.97. The van der Waals surface area contributed by atoms with Crippen molar-refractivity contribution >= 4 is 29.0 Å². The molecule has 0 radical (unpaired) electrons. The molecule has 178 valence electrons. The van der Waals surface area contributed by atoms with Crippen LogP contribution in [0.3, 0.4) is 0 Å². The summed E-state index contributed by atoms with van der Waals surface area (Å²) >= 11 is 0. The highest BCUT2D eigenvalue weighted by Gasteiger charge is 2.08. The molecule has 0 spiro atoms. The van der Waals surface area contributed by atoms with Crippen LogP contribution in [0.15, 0.2) is 109 Å². The molecule has 1 heterocycles. The van der Waals surface area contributed by atoms with Gasteiger partial charge in [0, 0.05) is 11.1 Å². The maximum atomic E-state index is 4.67. The zero-order chi connectivity index (χ0) is 25.3. The fourth-order valence-corrected chi connectivity index (χ4v) is 4.05. The predicted molar refractivity (Wildman–Crippen MR) is 153 cm³/mol. The summed E-state index contributed by atoms with van der Waals surface area (Å²) in [6, 6.07) is 22.6. The number of hydrogen-bond acceptors (Lipinski definition) is 3. The van der Waals surface area contributed by atoms with E-state index < -0.39 is 0 Å². The smallest absolute Gasteiger partial charge is 0.163 e. The van der Waals surface area contributed by atoms with Gasteiger partial charge < -0.3 is 0 Å². The molecule has 3 aromatic carbocycles. The fraction of sp³-hybridized carbons (Fsp3) is 0.121. The Labute approximate surface area is 213 Å². The van der Waals surface area contributed by atoms with Crippen LogP contribution in [0.1, 0.15) is 31.4 Å². The minimum atomic E-state index is 0.621. The molecule has 0 saturated carbocycles. The summed E-state index contributed by atoms with van der Waals surface area (Å²) in [7, 11) is 0. The second kappa shape index (κ2) is 11.9. The van der Waals surface area contributed by atoms with E-state index in [2.05, 4.69) is 89.7 Å². The van der Waals surface area contributed by atoms with E-state index in [4.69, 9.17) is 0 Å². The molecule has 0 aliphatic carbocycles. The number of benzene rings is 3. The predicted octanol–water partition coefficient (Wildman–Crippen LogP) is 6.74. The lowest BCUT2D eigenvalue weighted by molar-refractivity contribution is 0.962. The van der Waals surface area contributed by atoms with Gasteiger partial charge in [0.1, 0.15) is 5.82 Å². The van der Waals surface area contributed by atoms with Gasteiger partial charge in [0.15, 0.2) is 11.6 Å². The van der Waals surface area contributed by atoms with Gasteiger partial charge in [0.05, 0.1) is 0 Å². The fourth-order valence-electron chi connectivity index (χ4n) is 4.05. The van der Waals surface area contributed by atoms with Crippen molar-refractivity contribution in [2.24, 2.45) is 0 Å². The van der Waals surface area contributed by atoms with Crippen LogP contribution in [-0.2, 0) is 0 Å². The number of nitrogens with zero attached hydrogens (tertiary/aromatic N) is 3. The van der Waals surface area contributed by atoms with Gasteiger partial charge in [-0.15, -0.1) is 0 Å². The molecule has 0 N–H and O–H groups in total. The van der Waals surface area contributed by atoms with E-state index in [1.54, 1.807) is 6.08 Å². The van der Waals surface area contributed by atoms with Gasteiger partial charge in [0.2, 0.25) is 0 Å². The zero-order valence-electron chi connectivity index (χ0n) is 21.0. The monoisotopic (exact) mass is 469 g/mol. The van der Waals surface area contributed by atoms with Crippen LogP contribution >= 0.6 is 0 Å². The molecule has 0 atom stereocenters. The third-order valence-electron chi connectivity index (χ3n) is 5.97. The lowest BCUT2D eigenvalue weighted by Crippen LogP contribution is -2.23. The molecule has 0 unspecified atom stereocenters. The van der Waals surface area contributed by atoms with E-state index in [0.717, 1.165) is 29.2 Å². The van der Waals surface area contributed by atoms with E-state index in [9.17, 15) is 0 Å². The minimum absolute atomic E-state index is 0.621. The summed E-state index contributed by atoms with van der Waals surface area (Å²) in [5, 5.41) is 4.82. The number of rotatable bonds is 8. The van der Waals surface area contributed by atoms with Crippen molar-refractivity contribution in [2.45, 2.75) is 26.7 Å². The van der Waals surface area contributed by atoms with Crippen molar-refractivity contribution < 1.29 is 0 Å². The molecule has 0 aliphatic heterocycles. The van der Waals surface area contributed by atoms with Gasteiger partial charge in [-0.25, -0.2) is 15.0 Å². The molecule has 3 nitrogen and oxygen atoms in total. The Morgan fingerprint density at radius 1 is 0.861 bits per heavy atom. The Morgan fingerprint density at radius 2 is 1.61 bits per heavy atom. The Kier molecular flexibility index (Phi) is 8.15. The van der Waals surface area contributed by atoms with Crippen LogP contribution < -0.4 is 10.4 Å². The molecular formula is C33H31N3. The molecule has 1 aromatic heterocycles. The van der Waals surface area contributed by atoms with Gasteiger partial charge in [0.25, 0.3) is 0 Å². The molecule has 36 heavy (non-hydrogen) atoms. The van der Waals surface area contributed by atoms with Crippen molar-refractivity contribution in [3.63, 3.8) is 0 Å². The number of fused-ring (bicyclic) bond motifs is 1. The Morgan fingerprint density at radius 3 is 2.42 bits per heavy atom. The van der Waals surface area contributed by atoms with Gasteiger partial charge >= 0.3 is 0 Å². The average molecular weight is 470 g/mol. The number of aromatic nitrogens is 3. The van der Waals surface area contributed by atoms with Crippen LogP contribution in [0.2, 0.25) is 0 Å². The van der Waals surface area contributed by atoms with Crippen LogP contribution in [0, 0.1) is 6.92 Å². The van der Waals surface area contributed by atoms with Crippen molar-refractivity contribution in [3.05, 3.63) is 131 Å². The lowest BCUT2D eigenvalue weighted by Gasteiger charge is -2.05. The van der Waals surface area contributed by atoms with E-state index in [-0.39, 0.29) is 0 Å². The number of allylic oxidation sites excluding steroid dienone is 7. The molecule has 0 aliphatic rings. The second-order valence-electron chi connectivity index (χ2n) is 8.72. The molecule has 3 heteroatoms. The first-order chi connectivity index (χ1) is 17.5. The van der Waals surface area contributed by atoms with Gasteiger partial charge in [-0.1, -0.05) is 122 Å². The second-order valence-corrected chi connectivity index (χ2v) is 8.72. The third-order valence-corrected chi connectivity index (χ3v) is 5.97. The average Bonchev–Trinajstić information content (AvgIpc) is 2.90. The van der Waals surface area contributed by atoms with Gasteiger partial charge in [-0.2, -0.15) is 0 Å². The van der Waals surface area contributed by atoms with E-state index in [1.165, 1.54) is 21.6 Å². The highest BCUT2D eigenvalue weighted by molar-refractivity contribution is 5.83. The zero-order valence-corrected chi connectivity index (χ0v) is 21.0. The van der Waals surface area contributed by atoms with Gasteiger partial charge in [-0.05, 0) is 47.9 Å². The highest BCUT2D eigenvalue weighted by atomic mass is 15.0. The van der Waals surface area contributed by atoms with Crippen molar-refractivity contribution in [2.75, 3.05) is 0 Å². The maximum Gasteiger partial charge on any atom is 0.163 e. The minimum Gasteiger partial charge on any atom is -0.213 e. The summed E-state index contributed by atoms with van der Waals surface area (Å²) in [5.41, 5.74) is 3.13. The SMILES string of the molecule is C=C\C(=C/C=C\C=C(\C)CC/C=c1\c(=C)ccc2ccccc12)c1nc(C)nc(-c2ccccc2)n1. The number of hydrogen-bond donors (Lipinski definition) is 0. The summed E-state index contributed by atoms with van der Waals surface area (Å²) in [4.78, 5) is 13.7. The van der Waals surface area contributed by atoms with Crippen LogP contribution in [0.5, 0.6) is 0 Å². The molecule has 0 bridgehead atoms. The largest absolute Gasteiger partial charge is 0.213 e. The molecule has 4 aromatic rings. The molecule has 0 saturated heterocycles. The van der Waals surface area contributed by atoms with Crippen LogP contribution in [-0.4, -0.2) is 15.0 Å². The summed E-state index contributed by atoms with van der Waals surface area (Å²) in [6.45, 7) is 12.2. The Bertz CT molecular complexity index is 1570. The highest BCUT2D eigenvalue weighted by Crippen LogP contribution is 2.18. The van der Waals surface area contributed by atoms with Gasteiger partial charge in [-0.3, -0.25) is 0 Å². The normalized spacial score (nSPS) is 13.0. The van der Waals surface area contributed by atoms with Crippen LogP contribution in [0.25, 0.3) is 40.4 Å². The van der Waals surface area contributed by atoms with E-state index in [0.29, 0.717) is 17.5 Å². The summed E-state index contributed by atoms with van der Waals surface area (Å²) < 4.78 is 0. The Hall–Kier alpha value is -4.37. The van der Waals surface area contributed by atoms with Crippen molar-refractivity contribution in [1.82, 2.24) is 15.0 Å². The quantitative estimate of drug-likeness (QED) is 0.268. The first kappa shape index (κ1) is 24.7. The Balaban J connectivity index is 1.46. The topological polar surface area (TPSA) is 38.7 Å². The molecular weight excluding hydrogens is 438 g/mol. The number of aryl methyl sites for hydroxylation is 1. The first-order valence-electron chi connectivity index (χ1n) is 12.2. The molecule has 0 amide bonds. The van der Waals surface area contributed by atoms with E-state index >= 15 is 0 Å². The standard InChI is InChI=1S/C33H31N3/c1-5-27(32-34-26(4)35-33(36-32)29-18-7-6-8-19-29)16-10-9-14-24(2)15-13-21-30-25(3)22-23-28-17-11-12-20-31(28)30/h5-12,14,16-23H,1,3,13,15H2,2,4H3/b10-9-,24-14-,27-16+,30-21+.